The number of aryl methyl sites for hydroxylation is 1. The van der Waals surface area contributed by atoms with Gasteiger partial charge in [0.25, 0.3) is 0 Å². The standard InChI is InChI=1S/C25H31N3O.C2H2O4/c1-19(2)24-23(25(29)20-10-8-13-26-18-20)21-11-4-5-12-22(21)28(24)17-9-16-27-14-6-3-7-15-27;3-1(4)2(5)6/h4-5,8,10-13,18-19H,3,6-7,9,14-17H2,1-2H3;(H,3,4)(H,5,6). The first-order chi connectivity index (χ1) is 16.8. The van der Waals surface area contributed by atoms with Crippen LogP contribution >= 0.6 is 0 Å². The number of hydrogen-bond acceptors (Lipinski definition) is 5. The van der Waals surface area contributed by atoms with Gasteiger partial charge in [0.05, 0.1) is 5.56 Å². The van der Waals surface area contributed by atoms with E-state index in [9.17, 15) is 4.79 Å². The number of aliphatic carboxylic acids is 2. The van der Waals surface area contributed by atoms with E-state index < -0.39 is 11.9 Å². The third-order valence-electron chi connectivity index (χ3n) is 6.20. The molecule has 2 N–H and O–H groups in total. The van der Waals surface area contributed by atoms with Crippen molar-refractivity contribution < 1.29 is 24.6 Å². The van der Waals surface area contributed by atoms with Crippen LogP contribution in [0.15, 0.2) is 48.8 Å². The van der Waals surface area contributed by atoms with Gasteiger partial charge in [0.1, 0.15) is 0 Å². The average molecular weight is 480 g/mol. The molecule has 0 atom stereocenters. The van der Waals surface area contributed by atoms with E-state index in [2.05, 4.69) is 46.5 Å². The van der Waals surface area contributed by atoms with Crippen LogP contribution in [0, 0.1) is 0 Å². The van der Waals surface area contributed by atoms with Crippen molar-refractivity contribution in [2.75, 3.05) is 19.6 Å². The maximum absolute atomic E-state index is 13.5. The second kappa shape index (κ2) is 12.3. The van der Waals surface area contributed by atoms with Gasteiger partial charge in [-0.2, -0.15) is 0 Å². The Morgan fingerprint density at radius 3 is 2.23 bits per heavy atom. The van der Waals surface area contributed by atoms with Crippen LogP contribution in [0.5, 0.6) is 0 Å². The molecule has 1 saturated heterocycles. The second-order valence-corrected chi connectivity index (χ2v) is 9.02. The Morgan fingerprint density at radius 2 is 1.63 bits per heavy atom. The van der Waals surface area contributed by atoms with E-state index in [1.807, 2.05) is 18.2 Å². The van der Waals surface area contributed by atoms with Gasteiger partial charge in [-0.05, 0) is 63.0 Å². The van der Waals surface area contributed by atoms with Crippen molar-refractivity contribution in [3.63, 3.8) is 0 Å². The maximum atomic E-state index is 13.5. The molecule has 0 aliphatic carbocycles. The number of likely N-dealkylation sites (tertiary alicyclic amines) is 1. The molecule has 1 aromatic carbocycles. The molecule has 4 rings (SSSR count). The number of carboxylic acid groups (broad SMARTS) is 2. The van der Waals surface area contributed by atoms with Gasteiger partial charge in [0.15, 0.2) is 5.78 Å². The minimum absolute atomic E-state index is 0.0766. The highest BCUT2D eigenvalue weighted by Gasteiger charge is 2.25. The molecule has 1 fully saturated rings. The summed E-state index contributed by atoms with van der Waals surface area (Å²) in [6.45, 7) is 8.92. The molecule has 0 spiro atoms. The zero-order valence-corrected chi connectivity index (χ0v) is 20.3. The van der Waals surface area contributed by atoms with Crippen LogP contribution in [0.4, 0.5) is 0 Å². The van der Waals surface area contributed by atoms with E-state index >= 15 is 0 Å². The molecule has 1 aliphatic rings. The number of para-hydroxylation sites is 1. The Bertz CT molecular complexity index is 1150. The van der Waals surface area contributed by atoms with Gasteiger partial charge in [-0.15, -0.1) is 0 Å². The van der Waals surface area contributed by atoms with Crippen molar-refractivity contribution in [1.82, 2.24) is 14.5 Å². The number of carboxylic acids is 2. The summed E-state index contributed by atoms with van der Waals surface area (Å²) < 4.78 is 2.40. The van der Waals surface area contributed by atoms with E-state index in [-0.39, 0.29) is 11.7 Å². The van der Waals surface area contributed by atoms with Crippen LogP contribution in [0.2, 0.25) is 0 Å². The predicted octanol–water partition coefficient (Wildman–Crippen LogP) is 4.42. The fourth-order valence-electron chi connectivity index (χ4n) is 4.68. The quantitative estimate of drug-likeness (QED) is 0.381. The zero-order chi connectivity index (χ0) is 25.4. The SMILES string of the molecule is CC(C)c1c(C(=O)c2cccnc2)c2ccccc2n1CCCN1CCCCC1.O=C(O)C(=O)O. The van der Waals surface area contributed by atoms with Crippen molar-refractivity contribution in [1.29, 1.82) is 0 Å². The first-order valence-corrected chi connectivity index (χ1v) is 12.1. The topological polar surface area (TPSA) is 113 Å². The summed E-state index contributed by atoms with van der Waals surface area (Å²) in [7, 11) is 0. The molecule has 35 heavy (non-hydrogen) atoms. The number of fused-ring (bicyclic) bond motifs is 1. The summed E-state index contributed by atoms with van der Waals surface area (Å²) in [6, 6.07) is 12.0. The van der Waals surface area contributed by atoms with E-state index in [4.69, 9.17) is 19.8 Å². The zero-order valence-electron chi connectivity index (χ0n) is 20.3. The Labute approximate surface area is 205 Å². The van der Waals surface area contributed by atoms with Crippen LogP contribution in [-0.2, 0) is 16.1 Å². The van der Waals surface area contributed by atoms with Crippen LogP contribution in [0.25, 0.3) is 10.9 Å². The monoisotopic (exact) mass is 479 g/mol. The number of carbonyl (C=O) groups is 3. The van der Waals surface area contributed by atoms with Gasteiger partial charge in [-0.3, -0.25) is 9.78 Å². The summed E-state index contributed by atoms with van der Waals surface area (Å²) in [5.74, 6) is -3.30. The molecule has 0 saturated carbocycles. The van der Waals surface area contributed by atoms with E-state index in [1.54, 1.807) is 12.4 Å². The van der Waals surface area contributed by atoms with Gasteiger partial charge < -0.3 is 19.7 Å². The lowest BCUT2D eigenvalue weighted by atomic mass is 9.96. The number of pyridine rings is 1. The predicted molar refractivity (Wildman–Crippen MR) is 134 cm³/mol. The number of benzene rings is 1. The molecule has 0 radical (unpaired) electrons. The van der Waals surface area contributed by atoms with Gasteiger partial charge in [0.2, 0.25) is 0 Å². The molecular formula is C27H33N3O5. The van der Waals surface area contributed by atoms with Crippen LogP contribution in [0.1, 0.15) is 67.1 Å². The molecule has 0 amide bonds. The number of nitrogens with zero attached hydrogens (tertiary/aromatic N) is 3. The Kier molecular flexibility index (Phi) is 9.14. The Hall–Kier alpha value is -3.52. The van der Waals surface area contributed by atoms with Crippen LogP contribution in [-0.4, -0.2) is 62.0 Å². The summed E-state index contributed by atoms with van der Waals surface area (Å²) in [5, 5.41) is 15.8. The lowest BCUT2D eigenvalue weighted by Gasteiger charge is -2.26. The maximum Gasteiger partial charge on any atom is 0.414 e. The summed E-state index contributed by atoms with van der Waals surface area (Å²) in [4.78, 5) is 38.4. The van der Waals surface area contributed by atoms with E-state index in [1.165, 1.54) is 37.9 Å². The van der Waals surface area contributed by atoms with Crippen molar-refractivity contribution in [3.8, 4) is 0 Å². The summed E-state index contributed by atoms with van der Waals surface area (Å²) in [5.41, 5.74) is 3.83. The lowest BCUT2D eigenvalue weighted by Crippen LogP contribution is -2.31. The normalized spacial score (nSPS) is 13.9. The number of aromatic nitrogens is 2. The number of carbonyl (C=O) groups excluding carboxylic acids is 1. The lowest BCUT2D eigenvalue weighted by molar-refractivity contribution is -0.159. The third kappa shape index (κ3) is 6.54. The van der Waals surface area contributed by atoms with Crippen molar-refractivity contribution >= 4 is 28.6 Å². The Morgan fingerprint density at radius 1 is 0.943 bits per heavy atom. The van der Waals surface area contributed by atoms with Gasteiger partial charge in [-0.25, -0.2) is 9.59 Å². The summed E-state index contributed by atoms with van der Waals surface area (Å²) >= 11 is 0. The fourth-order valence-corrected chi connectivity index (χ4v) is 4.68. The minimum Gasteiger partial charge on any atom is -0.473 e. The molecule has 1 aliphatic heterocycles. The smallest absolute Gasteiger partial charge is 0.414 e. The number of piperidine rings is 1. The highest BCUT2D eigenvalue weighted by atomic mass is 16.4. The van der Waals surface area contributed by atoms with Crippen molar-refractivity contribution in [2.24, 2.45) is 0 Å². The molecule has 0 bridgehead atoms. The highest BCUT2D eigenvalue weighted by Crippen LogP contribution is 2.33. The molecule has 3 heterocycles. The van der Waals surface area contributed by atoms with E-state index in [0.29, 0.717) is 5.56 Å². The van der Waals surface area contributed by atoms with Crippen LogP contribution in [0.3, 0.4) is 0 Å². The largest absolute Gasteiger partial charge is 0.473 e. The first kappa shape index (κ1) is 26.1. The molecule has 8 nitrogen and oxygen atoms in total. The fraction of sp³-hybridized carbons (Fsp3) is 0.407. The number of ketones is 1. The van der Waals surface area contributed by atoms with Crippen LogP contribution < -0.4 is 0 Å². The first-order valence-electron chi connectivity index (χ1n) is 12.1. The van der Waals surface area contributed by atoms with Gasteiger partial charge in [0, 0.05) is 41.1 Å². The molecular weight excluding hydrogens is 446 g/mol. The van der Waals surface area contributed by atoms with Gasteiger partial charge >= 0.3 is 11.9 Å². The van der Waals surface area contributed by atoms with E-state index in [0.717, 1.165) is 36.2 Å². The second-order valence-electron chi connectivity index (χ2n) is 9.02. The third-order valence-corrected chi connectivity index (χ3v) is 6.20. The molecule has 8 heteroatoms. The minimum atomic E-state index is -1.82. The Balaban J connectivity index is 0.000000509. The number of hydrogen-bond donors (Lipinski definition) is 2. The molecule has 0 unspecified atom stereocenters. The average Bonchev–Trinajstić information content (AvgIpc) is 3.20. The van der Waals surface area contributed by atoms with Crippen molar-refractivity contribution in [2.45, 2.75) is 52.0 Å². The molecule has 2 aromatic heterocycles. The van der Waals surface area contributed by atoms with Gasteiger partial charge in [-0.1, -0.05) is 38.5 Å². The highest BCUT2D eigenvalue weighted by molar-refractivity contribution is 6.27. The molecule has 3 aromatic rings. The molecule has 186 valence electrons. The van der Waals surface area contributed by atoms with Crippen molar-refractivity contribution in [3.05, 3.63) is 65.6 Å². The number of rotatable bonds is 7. The summed E-state index contributed by atoms with van der Waals surface area (Å²) in [6.07, 6.45) is 8.52.